The van der Waals surface area contributed by atoms with Crippen molar-refractivity contribution in [1.82, 2.24) is 4.98 Å². The Labute approximate surface area is 142 Å². The lowest BCUT2D eigenvalue weighted by Crippen LogP contribution is -2.09. The van der Waals surface area contributed by atoms with Crippen LogP contribution in [0.5, 0.6) is 0 Å². The van der Waals surface area contributed by atoms with E-state index in [0.717, 1.165) is 12.8 Å². The van der Waals surface area contributed by atoms with Gasteiger partial charge in [-0.3, -0.25) is 0 Å². The molecular formula is C19H23N3O2. The molecular weight excluding hydrogens is 302 g/mol. The van der Waals surface area contributed by atoms with E-state index < -0.39 is 0 Å². The van der Waals surface area contributed by atoms with Crippen molar-refractivity contribution in [1.29, 1.82) is 5.26 Å². The first-order valence-corrected chi connectivity index (χ1v) is 8.50. The third-order valence-electron chi connectivity index (χ3n) is 4.14. The van der Waals surface area contributed by atoms with Crippen LogP contribution in [0.2, 0.25) is 0 Å². The molecule has 1 aromatic heterocycles. The molecule has 24 heavy (non-hydrogen) atoms. The number of ether oxygens (including phenoxy) is 1. The van der Waals surface area contributed by atoms with Crippen LogP contribution in [0.15, 0.2) is 34.7 Å². The van der Waals surface area contributed by atoms with E-state index >= 15 is 0 Å². The predicted octanol–water partition coefficient (Wildman–Crippen LogP) is 4.04. The Morgan fingerprint density at radius 3 is 2.83 bits per heavy atom. The summed E-state index contributed by atoms with van der Waals surface area (Å²) in [6.07, 6.45) is 2.12. The number of hydrogen-bond acceptors (Lipinski definition) is 5. The van der Waals surface area contributed by atoms with Crippen LogP contribution in [0.3, 0.4) is 0 Å². The van der Waals surface area contributed by atoms with Gasteiger partial charge < -0.3 is 14.5 Å². The highest BCUT2D eigenvalue weighted by atomic mass is 16.5. The summed E-state index contributed by atoms with van der Waals surface area (Å²) >= 11 is 0. The van der Waals surface area contributed by atoms with Crippen LogP contribution in [0.25, 0.3) is 0 Å². The second kappa shape index (κ2) is 7.50. The van der Waals surface area contributed by atoms with Crippen LogP contribution in [0.4, 0.5) is 5.88 Å². The van der Waals surface area contributed by atoms with Crippen LogP contribution in [0, 0.1) is 11.3 Å². The summed E-state index contributed by atoms with van der Waals surface area (Å²) in [5, 5.41) is 12.4. The summed E-state index contributed by atoms with van der Waals surface area (Å²) in [6, 6.07) is 12.5. The van der Waals surface area contributed by atoms with Gasteiger partial charge in [0, 0.05) is 19.1 Å². The first-order valence-electron chi connectivity index (χ1n) is 8.50. The minimum atomic E-state index is 0.237. The van der Waals surface area contributed by atoms with E-state index in [2.05, 4.69) is 28.5 Å². The van der Waals surface area contributed by atoms with Gasteiger partial charge in [0.25, 0.3) is 0 Å². The Morgan fingerprint density at radius 2 is 2.12 bits per heavy atom. The summed E-state index contributed by atoms with van der Waals surface area (Å²) in [6.45, 7) is 5.42. The zero-order chi connectivity index (χ0) is 16.9. The van der Waals surface area contributed by atoms with Crippen molar-refractivity contribution in [2.45, 2.75) is 44.6 Å². The molecule has 2 atom stereocenters. The molecule has 5 heteroatoms. The van der Waals surface area contributed by atoms with Gasteiger partial charge in [0.1, 0.15) is 6.07 Å². The Kier molecular flexibility index (Phi) is 5.17. The molecule has 0 amide bonds. The van der Waals surface area contributed by atoms with Crippen molar-refractivity contribution >= 4 is 5.88 Å². The molecule has 0 spiro atoms. The van der Waals surface area contributed by atoms with Crippen molar-refractivity contribution < 1.29 is 9.15 Å². The van der Waals surface area contributed by atoms with E-state index in [4.69, 9.17) is 9.15 Å². The first-order chi connectivity index (χ1) is 11.7. The standard InChI is InChI=1S/C19H23N3O2/c1-13(2)23-10-6-9-21-19-17(12-20)22-18(24-19)16-11-15(16)14-7-4-3-5-8-14/h3-5,7-8,13,15-16,21H,6,9-11H2,1-2H3/t15-,16+/m1/s1. The fourth-order valence-corrected chi connectivity index (χ4v) is 2.82. The number of nitrogens with one attached hydrogen (secondary N) is 1. The number of aromatic nitrogens is 1. The van der Waals surface area contributed by atoms with Crippen molar-refractivity contribution in [2.75, 3.05) is 18.5 Å². The van der Waals surface area contributed by atoms with Gasteiger partial charge in [-0.2, -0.15) is 5.26 Å². The van der Waals surface area contributed by atoms with Crippen molar-refractivity contribution in [3.05, 3.63) is 47.5 Å². The Bertz CT molecular complexity index is 703. The lowest BCUT2D eigenvalue weighted by Gasteiger charge is -2.07. The molecule has 1 aromatic carbocycles. The Balaban J connectivity index is 1.57. The normalized spacial score (nSPS) is 19.2. The van der Waals surface area contributed by atoms with E-state index in [-0.39, 0.29) is 12.0 Å². The van der Waals surface area contributed by atoms with Gasteiger partial charge in [-0.15, -0.1) is 0 Å². The van der Waals surface area contributed by atoms with E-state index in [1.54, 1.807) is 0 Å². The molecule has 1 N–H and O–H groups in total. The molecule has 2 aromatic rings. The average molecular weight is 325 g/mol. The lowest BCUT2D eigenvalue weighted by atomic mass is 10.1. The fraction of sp³-hybridized carbons (Fsp3) is 0.474. The second-order valence-electron chi connectivity index (χ2n) is 6.40. The van der Waals surface area contributed by atoms with E-state index in [1.165, 1.54) is 5.56 Å². The number of anilines is 1. The van der Waals surface area contributed by atoms with Gasteiger partial charge in [0.05, 0.1) is 6.10 Å². The zero-order valence-electron chi connectivity index (χ0n) is 14.2. The summed E-state index contributed by atoms with van der Waals surface area (Å²) in [5.41, 5.74) is 1.65. The second-order valence-corrected chi connectivity index (χ2v) is 6.40. The third kappa shape index (κ3) is 3.95. The third-order valence-corrected chi connectivity index (χ3v) is 4.14. The monoisotopic (exact) mass is 325 g/mol. The zero-order valence-corrected chi connectivity index (χ0v) is 14.2. The summed E-state index contributed by atoms with van der Waals surface area (Å²) in [7, 11) is 0. The molecule has 0 saturated heterocycles. The van der Waals surface area contributed by atoms with Gasteiger partial charge in [-0.05, 0) is 38.2 Å². The van der Waals surface area contributed by atoms with Crippen LogP contribution >= 0.6 is 0 Å². The van der Waals surface area contributed by atoms with Gasteiger partial charge in [0.15, 0.2) is 0 Å². The number of oxazole rings is 1. The molecule has 1 aliphatic rings. The number of nitrogens with zero attached hydrogens (tertiary/aromatic N) is 2. The molecule has 1 fully saturated rings. The molecule has 1 saturated carbocycles. The maximum Gasteiger partial charge on any atom is 0.232 e. The maximum absolute atomic E-state index is 9.26. The lowest BCUT2D eigenvalue weighted by molar-refractivity contribution is 0.0786. The molecule has 1 heterocycles. The number of rotatable bonds is 8. The predicted molar refractivity (Wildman–Crippen MR) is 92.0 cm³/mol. The van der Waals surface area contributed by atoms with E-state index in [1.807, 2.05) is 32.0 Å². The molecule has 3 rings (SSSR count). The van der Waals surface area contributed by atoms with Crippen LogP contribution in [-0.4, -0.2) is 24.2 Å². The molecule has 0 unspecified atom stereocenters. The Morgan fingerprint density at radius 1 is 1.33 bits per heavy atom. The topological polar surface area (TPSA) is 71.1 Å². The molecule has 0 radical (unpaired) electrons. The van der Waals surface area contributed by atoms with Crippen LogP contribution in [-0.2, 0) is 4.74 Å². The van der Waals surface area contributed by atoms with Crippen LogP contribution < -0.4 is 5.32 Å². The largest absolute Gasteiger partial charge is 0.424 e. The maximum atomic E-state index is 9.26. The van der Waals surface area contributed by atoms with Gasteiger partial charge >= 0.3 is 0 Å². The molecule has 5 nitrogen and oxygen atoms in total. The fourth-order valence-electron chi connectivity index (χ4n) is 2.82. The smallest absolute Gasteiger partial charge is 0.232 e. The quantitative estimate of drug-likeness (QED) is 0.742. The van der Waals surface area contributed by atoms with Gasteiger partial charge in [-0.1, -0.05) is 30.3 Å². The summed E-state index contributed by atoms with van der Waals surface area (Å²) < 4.78 is 11.3. The van der Waals surface area contributed by atoms with E-state index in [9.17, 15) is 5.26 Å². The van der Waals surface area contributed by atoms with E-state index in [0.29, 0.717) is 36.5 Å². The van der Waals surface area contributed by atoms with Crippen molar-refractivity contribution in [2.24, 2.45) is 0 Å². The number of nitriles is 1. The Hall–Kier alpha value is -2.32. The highest BCUT2D eigenvalue weighted by Gasteiger charge is 2.43. The number of hydrogen-bond donors (Lipinski definition) is 1. The van der Waals surface area contributed by atoms with Crippen molar-refractivity contribution in [3.63, 3.8) is 0 Å². The molecule has 1 aliphatic carbocycles. The van der Waals surface area contributed by atoms with Gasteiger partial charge in [0.2, 0.25) is 17.5 Å². The molecule has 0 bridgehead atoms. The number of benzene rings is 1. The summed E-state index contributed by atoms with van der Waals surface area (Å²) in [5.74, 6) is 1.88. The van der Waals surface area contributed by atoms with Crippen molar-refractivity contribution in [3.8, 4) is 6.07 Å². The minimum absolute atomic E-state index is 0.237. The summed E-state index contributed by atoms with van der Waals surface area (Å²) in [4.78, 5) is 4.37. The average Bonchev–Trinajstić information content (AvgIpc) is 3.29. The highest BCUT2D eigenvalue weighted by molar-refractivity contribution is 5.46. The SMILES string of the molecule is CC(C)OCCCNc1oc([C@H]2C[C@@H]2c2ccccc2)nc1C#N. The molecule has 0 aliphatic heterocycles. The highest BCUT2D eigenvalue weighted by Crippen LogP contribution is 2.54. The minimum Gasteiger partial charge on any atom is -0.424 e. The van der Waals surface area contributed by atoms with Crippen LogP contribution in [0.1, 0.15) is 55.7 Å². The van der Waals surface area contributed by atoms with Gasteiger partial charge in [-0.25, -0.2) is 4.98 Å². The molecule has 126 valence electrons. The first kappa shape index (κ1) is 16.5.